The van der Waals surface area contributed by atoms with Gasteiger partial charge in [-0.1, -0.05) is 34.1 Å². The van der Waals surface area contributed by atoms with Gasteiger partial charge in [-0.2, -0.15) is 0 Å². The summed E-state index contributed by atoms with van der Waals surface area (Å²) >= 11 is 3.27. The molecule has 0 bridgehead atoms. The molecule has 0 heterocycles. The normalized spacial score (nSPS) is 11.9. The van der Waals surface area contributed by atoms with Crippen molar-refractivity contribution in [2.75, 3.05) is 0 Å². The van der Waals surface area contributed by atoms with Crippen molar-refractivity contribution in [3.8, 4) is 11.5 Å². The molecule has 92 valence electrons. The summed E-state index contributed by atoms with van der Waals surface area (Å²) in [6, 6.07) is 16.7. The molecule has 0 aliphatic carbocycles. The fraction of sp³-hybridized carbons (Fsp3) is 0.133. The fourth-order valence-corrected chi connectivity index (χ4v) is 1.81. The maximum atomic E-state index is 11.7. The van der Waals surface area contributed by atoms with E-state index in [4.69, 9.17) is 4.74 Å². The minimum Gasteiger partial charge on any atom is -0.457 e. The molecule has 0 saturated carbocycles. The van der Waals surface area contributed by atoms with Crippen molar-refractivity contribution in [1.29, 1.82) is 0 Å². The average Bonchev–Trinajstić information content (AvgIpc) is 2.40. The van der Waals surface area contributed by atoms with E-state index in [2.05, 4.69) is 15.9 Å². The lowest BCUT2D eigenvalue weighted by Gasteiger charge is -2.07. The Morgan fingerprint density at radius 3 is 2.11 bits per heavy atom. The zero-order valence-corrected chi connectivity index (χ0v) is 11.6. The molecule has 2 nitrogen and oxygen atoms in total. The van der Waals surface area contributed by atoms with Gasteiger partial charge in [0.25, 0.3) is 0 Å². The molecule has 0 spiro atoms. The Morgan fingerprint density at radius 2 is 1.56 bits per heavy atom. The van der Waals surface area contributed by atoms with Gasteiger partial charge in [-0.15, -0.1) is 0 Å². The molecule has 1 unspecified atom stereocenters. The molecule has 0 radical (unpaired) electrons. The van der Waals surface area contributed by atoms with Crippen molar-refractivity contribution in [3.63, 3.8) is 0 Å². The van der Waals surface area contributed by atoms with E-state index in [0.29, 0.717) is 5.56 Å². The predicted molar refractivity (Wildman–Crippen MR) is 75.7 cm³/mol. The third-order valence-electron chi connectivity index (χ3n) is 2.48. The number of carbonyl (C=O) groups is 1. The number of ketones is 1. The van der Waals surface area contributed by atoms with Crippen LogP contribution in [0.4, 0.5) is 0 Å². The average molecular weight is 305 g/mol. The molecule has 3 heteroatoms. The van der Waals surface area contributed by atoms with Crippen LogP contribution in [0.5, 0.6) is 11.5 Å². The van der Waals surface area contributed by atoms with Crippen LogP contribution in [0.3, 0.4) is 0 Å². The predicted octanol–water partition coefficient (Wildman–Crippen LogP) is 4.45. The summed E-state index contributed by atoms with van der Waals surface area (Å²) in [7, 11) is 0. The summed E-state index contributed by atoms with van der Waals surface area (Å²) in [5.41, 5.74) is 0.680. The number of halogens is 1. The molecule has 0 amide bonds. The molecule has 18 heavy (non-hydrogen) atoms. The summed E-state index contributed by atoms with van der Waals surface area (Å²) in [5.74, 6) is 1.58. The van der Waals surface area contributed by atoms with Crippen LogP contribution >= 0.6 is 15.9 Å². The van der Waals surface area contributed by atoms with Gasteiger partial charge in [-0.3, -0.25) is 4.79 Å². The molecule has 0 aliphatic rings. The lowest BCUT2D eigenvalue weighted by Crippen LogP contribution is -2.09. The van der Waals surface area contributed by atoms with E-state index in [0.717, 1.165) is 11.5 Å². The molecule has 0 aliphatic heterocycles. The van der Waals surface area contributed by atoms with Crippen LogP contribution in [0.25, 0.3) is 0 Å². The molecule has 2 rings (SSSR count). The first-order chi connectivity index (χ1) is 8.66. The van der Waals surface area contributed by atoms with E-state index in [1.165, 1.54) is 0 Å². The van der Waals surface area contributed by atoms with Crippen molar-refractivity contribution in [2.45, 2.75) is 11.8 Å². The summed E-state index contributed by atoms with van der Waals surface area (Å²) in [6.07, 6.45) is 0. The van der Waals surface area contributed by atoms with E-state index in [1.807, 2.05) is 37.3 Å². The highest BCUT2D eigenvalue weighted by atomic mass is 79.9. The zero-order chi connectivity index (χ0) is 13.0. The first-order valence-electron chi connectivity index (χ1n) is 5.68. The lowest BCUT2D eigenvalue weighted by molar-refractivity contribution is 0.0996. The topological polar surface area (TPSA) is 26.3 Å². The maximum Gasteiger partial charge on any atom is 0.176 e. The number of carbonyl (C=O) groups excluding carboxylic acids is 1. The number of ether oxygens (including phenoxy) is 1. The van der Waals surface area contributed by atoms with Gasteiger partial charge in [0.2, 0.25) is 0 Å². The van der Waals surface area contributed by atoms with Gasteiger partial charge in [0.05, 0.1) is 4.83 Å². The highest BCUT2D eigenvalue weighted by Crippen LogP contribution is 2.22. The van der Waals surface area contributed by atoms with E-state index in [1.54, 1.807) is 24.3 Å². The number of para-hydroxylation sites is 1. The minimum atomic E-state index is -0.168. The maximum absolute atomic E-state index is 11.7. The highest BCUT2D eigenvalue weighted by Gasteiger charge is 2.11. The largest absolute Gasteiger partial charge is 0.457 e. The van der Waals surface area contributed by atoms with Crippen LogP contribution in [-0.4, -0.2) is 10.6 Å². The second-order valence-corrected chi connectivity index (χ2v) is 5.29. The van der Waals surface area contributed by atoms with Gasteiger partial charge in [0.15, 0.2) is 5.78 Å². The number of alkyl halides is 1. The Balaban J connectivity index is 2.11. The van der Waals surface area contributed by atoms with Crippen LogP contribution in [0, 0.1) is 0 Å². The first kappa shape index (κ1) is 12.8. The summed E-state index contributed by atoms with van der Waals surface area (Å²) in [6.45, 7) is 1.82. The Hall–Kier alpha value is -1.61. The zero-order valence-electron chi connectivity index (χ0n) is 9.97. The molecular weight excluding hydrogens is 292 g/mol. The monoisotopic (exact) mass is 304 g/mol. The van der Waals surface area contributed by atoms with Gasteiger partial charge in [-0.05, 0) is 43.3 Å². The lowest BCUT2D eigenvalue weighted by atomic mass is 10.1. The minimum absolute atomic E-state index is 0.0706. The summed E-state index contributed by atoms with van der Waals surface area (Å²) < 4.78 is 5.65. The number of hydrogen-bond acceptors (Lipinski definition) is 2. The Bertz CT molecular complexity index is 518. The number of Topliss-reactive ketones (excluding diaryl/α,β-unsaturated/α-hetero) is 1. The molecule has 0 saturated heterocycles. The SMILES string of the molecule is CC(Br)C(=O)c1ccc(Oc2ccccc2)cc1. The van der Waals surface area contributed by atoms with Crippen LogP contribution in [-0.2, 0) is 0 Å². The third-order valence-corrected chi connectivity index (χ3v) is 2.89. The molecule has 0 aromatic heterocycles. The van der Waals surface area contributed by atoms with Gasteiger partial charge in [-0.25, -0.2) is 0 Å². The quantitative estimate of drug-likeness (QED) is 0.616. The fourth-order valence-electron chi connectivity index (χ4n) is 1.54. The summed E-state index contributed by atoms with van der Waals surface area (Å²) in [4.78, 5) is 11.6. The molecule has 0 fully saturated rings. The van der Waals surface area contributed by atoms with E-state index >= 15 is 0 Å². The Morgan fingerprint density at radius 1 is 1.00 bits per heavy atom. The van der Waals surface area contributed by atoms with E-state index < -0.39 is 0 Å². The molecule has 1 atom stereocenters. The number of benzene rings is 2. The molecule has 2 aromatic carbocycles. The van der Waals surface area contributed by atoms with Crippen LogP contribution < -0.4 is 4.74 Å². The van der Waals surface area contributed by atoms with Crippen molar-refractivity contribution < 1.29 is 9.53 Å². The van der Waals surface area contributed by atoms with Gasteiger partial charge < -0.3 is 4.74 Å². The second-order valence-electron chi connectivity index (χ2n) is 3.92. The Labute approximate surface area is 115 Å². The Kier molecular flexibility index (Phi) is 4.15. The van der Waals surface area contributed by atoms with Crippen molar-refractivity contribution in [2.24, 2.45) is 0 Å². The third kappa shape index (κ3) is 3.20. The van der Waals surface area contributed by atoms with Crippen molar-refractivity contribution in [3.05, 3.63) is 60.2 Å². The van der Waals surface area contributed by atoms with E-state index in [9.17, 15) is 4.79 Å². The smallest absolute Gasteiger partial charge is 0.176 e. The first-order valence-corrected chi connectivity index (χ1v) is 6.59. The highest BCUT2D eigenvalue weighted by molar-refractivity contribution is 9.10. The number of rotatable bonds is 4. The molecule has 0 N–H and O–H groups in total. The van der Waals surface area contributed by atoms with Gasteiger partial charge in [0, 0.05) is 5.56 Å². The van der Waals surface area contributed by atoms with Crippen molar-refractivity contribution in [1.82, 2.24) is 0 Å². The van der Waals surface area contributed by atoms with Crippen LogP contribution in [0.1, 0.15) is 17.3 Å². The van der Waals surface area contributed by atoms with Gasteiger partial charge in [0.1, 0.15) is 11.5 Å². The van der Waals surface area contributed by atoms with Crippen LogP contribution in [0.15, 0.2) is 54.6 Å². The van der Waals surface area contributed by atoms with Crippen LogP contribution in [0.2, 0.25) is 0 Å². The molecular formula is C15H13BrO2. The number of hydrogen-bond donors (Lipinski definition) is 0. The second kappa shape index (κ2) is 5.83. The summed E-state index contributed by atoms with van der Waals surface area (Å²) in [5, 5.41) is 0. The van der Waals surface area contributed by atoms with E-state index in [-0.39, 0.29) is 10.6 Å². The standard InChI is InChI=1S/C15H13BrO2/c1-11(16)15(17)12-7-9-14(10-8-12)18-13-5-3-2-4-6-13/h2-11H,1H3. The van der Waals surface area contributed by atoms with Gasteiger partial charge >= 0.3 is 0 Å². The molecule has 2 aromatic rings. The van der Waals surface area contributed by atoms with Crippen molar-refractivity contribution >= 4 is 21.7 Å².